The lowest BCUT2D eigenvalue weighted by atomic mass is 9.62. The molecule has 1 aliphatic carbocycles. The third-order valence-corrected chi connectivity index (χ3v) is 6.85. The smallest absolute Gasteiger partial charge is 0.258 e. The number of benzene rings is 1. The SMILES string of the molecule is CN1CC(C)([C@](O)(c2ccc(C3CC3)cc2)c2cncc(-c3noc(C(C)(C)O)n3)c2)C1. The fraction of sp³-hybridized carbons (Fsp3) is 0.480. The first-order valence-corrected chi connectivity index (χ1v) is 11.1. The van der Waals surface area contributed by atoms with Gasteiger partial charge in [-0.15, -0.1) is 0 Å². The Labute approximate surface area is 188 Å². The Kier molecular flexibility index (Phi) is 4.78. The van der Waals surface area contributed by atoms with Crippen LogP contribution in [-0.4, -0.2) is 50.4 Å². The summed E-state index contributed by atoms with van der Waals surface area (Å²) in [7, 11) is 2.06. The molecule has 0 unspecified atom stereocenters. The van der Waals surface area contributed by atoms with E-state index in [1.807, 2.05) is 6.07 Å². The van der Waals surface area contributed by atoms with Crippen molar-refractivity contribution >= 4 is 0 Å². The van der Waals surface area contributed by atoms with Gasteiger partial charge in [0.05, 0.1) is 0 Å². The maximum absolute atomic E-state index is 12.3. The number of likely N-dealkylation sites (tertiary alicyclic amines) is 1. The monoisotopic (exact) mass is 434 g/mol. The summed E-state index contributed by atoms with van der Waals surface area (Å²) in [6.45, 7) is 6.84. The third-order valence-electron chi connectivity index (χ3n) is 6.85. The number of rotatable bonds is 6. The maximum atomic E-state index is 12.3. The summed E-state index contributed by atoms with van der Waals surface area (Å²) in [4.78, 5) is 11.0. The quantitative estimate of drug-likeness (QED) is 0.614. The highest BCUT2D eigenvalue weighted by Gasteiger charge is 2.55. The van der Waals surface area contributed by atoms with Gasteiger partial charge in [0.1, 0.15) is 11.2 Å². The highest BCUT2D eigenvalue weighted by atomic mass is 16.5. The molecule has 1 aliphatic heterocycles. The molecule has 3 aromatic rings. The normalized spacial score (nSPS) is 20.6. The minimum Gasteiger partial charge on any atom is -0.381 e. The minimum absolute atomic E-state index is 0.136. The molecule has 1 saturated heterocycles. The molecule has 0 radical (unpaired) electrons. The molecule has 2 aromatic heterocycles. The van der Waals surface area contributed by atoms with Gasteiger partial charge in [0.15, 0.2) is 0 Å². The van der Waals surface area contributed by atoms with Gasteiger partial charge in [0.25, 0.3) is 5.89 Å². The fourth-order valence-corrected chi connectivity index (χ4v) is 5.00. The van der Waals surface area contributed by atoms with Crippen molar-refractivity contribution in [1.82, 2.24) is 20.0 Å². The average Bonchev–Trinajstić information content (AvgIpc) is 3.46. The van der Waals surface area contributed by atoms with E-state index in [1.165, 1.54) is 18.4 Å². The summed E-state index contributed by atoms with van der Waals surface area (Å²) in [5.74, 6) is 1.13. The highest BCUT2D eigenvalue weighted by molar-refractivity contribution is 5.56. The largest absolute Gasteiger partial charge is 0.381 e. The predicted octanol–water partition coefficient (Wildman–Crippen LogP) is 3.42. The Morgan fingerprint density at radius 1 is 1.06 bits per heavy atom. The van der Waals surface area contributed by atoms with Crippen LogP contribution in [-0.2, 0) is 11.2 Å². The van der Waals surface area contributed by atoms with E-state index in [2.05, 4.69) is 58.3 Å². The van der Waals surface area contributed by atoms with E-state index in [9.17, 15) is 10.2 Å². The molecule has 2 N–H and O–H groups in total. The third kappa shape index (κ3) is 3.45. The van der Waals surface area contributed by atoms with Crippen LogP contribution in [0.15, 0.2) is 47.2 Å². The van der Waals surface area contributed by atoms with Crippen LogP contribution in [0.1, 0.15) is 62.1 Å². The molecule has 7 nitrogen and oxygen atoms in total. The number of hydrogen-bond donors (Lipinski definition) is 2. The molecule has 5 rings (SSSR count). The Hall–Kier alpha value is -2.61. The summed E-state index contributed by atoms with van der Waals surface area (Å²) >= 11 is 0. The van der Waals surface area contributed by atoms with Crippen LogP contribution in [0.5, 0.6) is 0 Å². The summed E-state index contributed by atoms with van der Waals surface area (Å²) in [5, 5.41) is 26.5. The molecule has 32 heavy (non-hydrogen) atoms. The van der Waals surface area contributed by atoms with E-state index in [-0.39, 0.29) is 11.3 Å². The van der Waals surface area contributed by atoms with E-state index in [1.54, 1.807) is 26.2 Å². The Bertz CT molecular complexity index is 1120. The molecule has 3 heterocycles. The molecular formula is C25H30N4O3. The van der Waals surface area contributed by atoms with Crippen LogP contribution in [0.3, 0.4) is 0 Å². The van der Waals surface area contributed by atoms with Crippen molar-refractivity contribution in [3.63, 3.8) is 0 Å². The number of aliphatic hydroxyl groups is 2. The lowest BCUT2D eigenvalue weighted by Crippen LogP contribution is -2.63. The van der Waals surface area contributed by atoms with Crippen molar-refractivity contribution in [2.75, 3.05) is 20.1 Å². The minimum atomic E-state index is -1.23. The van der Waals surface area contributed by atoms with Crippen LogP contribution < -0.4 is 0 Å². The van der Waals surface area contributed by atoms with Gasteiger partial charge in [0.2, 0.25) is 5.82 Å². The van der Waals surface area contributed by atoms with Crippen LogP contribution in [0.2, 0.25) is 0 Å². The predicted molar refractivity (Wildman–Crippen MR) is 120 cm³/mol. The molecule has 2 fully saturated rings. The van der Waals surface area contributed by atoms with Gasteiger partial charge in [-0.1, -0.05) is 36.3 Å². The second kappa shape index (κ2) is 7.20. The van der Waals surface area contributed by atoms with Gasteiger partial charge in [-0.05, 0) is 56.8 Å². The average molecular weight is 435 g/mol. The number of hydrogen-bond acceptors (Lipinski definition) is 7. The number of pyridine rings is 1. The summed E-state index contributed by atoms with van der Waals surface area (Å²) in [6.07, 6.45) is 5.86. The zero-order valence-electron chi connectivity index (χ0n) is 19.0. The van der Waals surface area contributed by atoms with Crippen molar-refractivity contribution in [2.45, 2.75) is 50.7 Å². The second-order valence-electron chi connectivity index (χ2n) is 10.3. The highest BCUT2D eigenvalue weighted by Crippen LogP contribution is 2.51. The molecule has 2 aliphatic rings. The van der Waals surface area contributed by atoms with Crippen molar-refractivity contribution < 1.29 is 14.7 Å². The van der Waals surface area contributed by atoms with E-state index in [4.69, 9.17) is 4.52 Å². The van der Waals surface area contributed by atoms with Crippen LogP contribution in [0.4, 0.5) is 0 Å². The first-order valence-electron chi connectivity index (χ1n) is 11.1. The van der Waals surface area contributed by atoms with E-state index < -0.39 is 11.2 Å². The maximum Gasteiger partial charge on any atom is 0.258 e. The van der Waals surface area contributed by atoms with Gasteiger partial charge >= 0.3 is 0 Å². The Balaban J connectivity index is 1.58. The van der Waals surface area contributed by atoms with Crippen molar-refractivity contribution in [3.8, 4) is 11.4 Å². The van der Waals surface area contributed by atoms with E-state index in [0.717, 1.165) is 18.7 Å². The lowest BCUT2D eigenvalue weighted by Gasteiger charge is -2.55. The molecule has 1 aromatic carbocycles. The molecule has 1 saturated carbocycles. The van der Waals surface area contributed by atoms with Gasteiger partial charge in [0, 0.05) is 42.0 Å². The fourth-order valence-electron chi connectivity index (χ4n) is 5.00. The standard InChI is InChI=1S/C25H30N4O3/c1-23(2,30)22-27-21(28-32-22)18-11-20(13-26-12-18)25(31,24(3)14-29(4)15-24)19-9-7-17(8-10-19)16-5-6-16/h7-13,16,30-31H,5-6,14-15H2,1-4H3/t25-/m0/s1. The Morgan fingerprint density at radius 3 is 2.31 bits per heavy atom. The molecule has 0 spiro atoms. The van der Waals surface area contributed by atoms with Gasteiger partial charge in [-0.2, -0.15) is 4.98 Å². The Morgan fingerprint density at radius 2 is 1.75 bits per heavy atom. The zero-order chi connectivity index (χ0) is 22.7. The molecule has 7 heteroatoms. The lowest BCUT2D eigenvalue weighted by molar-refractivity contribution is -0.127. The van der Waals surface area contributed by atoms with Crippen LogP contribution in [0.25, 0.3) is 11.4 Å². The zero-order valence-corrected chi connectivity index (χ0v) is 19.0. The van der Waals surface area contributed by atoms with Crippen LogP contribution in [0, 0.1) is 5.41 Å². The van der Waals surface area contributed by atoms with Gasteiger partial charge < -0.3 is 19.6 Å². The van der Waals surface area contributed by atoms with Crippen LogP contribution >= 0.6 is 0 Å². The number of nitrogens with zero attached hydrogens (tertiary/aromatic N) is 4. The second-order valence-corrected chi connectivity index (χ2v) is 10.3. The first-order chi connectivity index (χ1) is 15.1. The van der Waals surface area contributed by atoms with Crippen molar-refractivity contribution in [3.05, 3.63) is 65.3 Å². The number of aromatic nitrogens is 3. The topological polar surface area (TPSA) is 95.5 Å². The first kappa shape index (κ1) is 21.2. The van der Waals surface area contributed by atoms with E-state index in [0.29, 0.717) is 22.9 Å². The van der Waals surface area contributed by atoms with Gasteiger partial charge in [-0.25, -0.2) is 0 Å². The molecule has 168 valence electrons. The van der Waals surface area contributed by atoms with Crippen molar-refractivity contribution in [1.29, 1.82) is 0 Å². The summed E-state index contributed by atoms with van der Waals surface area (Å²) in [6, 6.07) is 10.3. The summed E-state index contributed by atoms with van der Waals surface area (Å²) in [5.41, 5.74) is 0.688. The molecule has 0 amide bonds. The van der Waals surface area contributed by atoms with Gasteiger partial charge in [-0.3, -0.25) is 4.98 Å². The summed E-state index contributed by atoms with van der Waals surface area (Å²) < 4.78 is 5.24. The van der Waals surface area contributed by atoms with E-state index >= 15 is 0 Å². The molecule has 1 atom stereocenters. The molecular weight excluding hydrogens is 404 g/mol. The molecule has 0 bridgehead atoms. The van der Waals surface area contributed by atoms with Crippen molar-refractivity contribution in [2.24, 2.45) is 5.41 Å².